The van der Waals surface area contributed by atoms with E-state index in [0.29, 0.717) is 6.17 Å². The maximum absolute atomic E-state index is 2.70. The zero-order chi connectivity index (χ0) is 26.7. The van der Waals surface area contributed by atoms with E-state index in [2.05, 4.69) is 43.0 Å². The summed E-state index contributed by atoms with van der Waals surface area (Å²) < 4.78 is 0. The van der Waals surface area contributed by atoms with Crippen molar-refractivity contribution in [3.8, 4) is 0 Å². The first-order valence-electron chi connectivity index (χ1n) is 17.5. The van der Waals surface area contributed by atoms with E-state index in [9.17, 15) is 0 Å². The molecule has 0 saturated carbocycles. The Morgan fingerprint density at radius 3 is 0.946 bits per heavy atom. The summed E-state index contributed by atoms with van der Waals surface area (Å²) in [5.41, 5.74) is 0. The predicted octanol–water partition coefficient (Wildman–Crippen LogP) is 12.0. The third-order valence-electron chi connectivity index (χ3n) is 8.57. The summed E-state index contributed by atoms with van der Waals surface area (Å²) in [6, 6.07) is 0. The molecule has 1 atom stereocenters. The van der Waals surface area contributed by atoms with Crippen LogP contribution in [0.15, 0.2) is 12.4 Å². The molecule has 0 N–H and O–H groups in total. The number of unbranched alkanes of at least 4 members (excludes halogenated alkanes) is 23. The Morgan fingerprint density at radius 2 is 0.622 bits per heavy atom. The molecule has 0 amide bonds. The second-order valence-electron chi connectivity index (χ2n) is 12.2. The molecule has 1 aliphatic heterocycles. The maximum Gasteiger partial charge on any atom is 0.101 e. The van der Waals surface area contributed by atoms with Crippen molar-refractivity contribution in [1.82, 2.24) is 9.80 Å². The van der Waals surface area contributed by atoms with E-state index in [1.54, 1.807) is 0 Å². The van der Waals surface area contributed by atoms with Crippen LogP contribution >= 0.6 is 0 Å². The van der Waals surface area contributed by atoms with Crippen LogP contribution in [-0.2, 0) is 0 Å². The number of hydrogen-bond acceptors (Lipinski definition) is 2. The van der Waals surface area contributed by atoms with Crippen LogP contribution in [0.1, 0.15) is 194 Å². The third kappa shape index (κ3) is 20.0. The smallest absolute Gasteiger partial charge is 0.101 e. The normalized spacial score (nSPS) is 15.4. The van der Waals surface area contributed by atoms with Gasteiger partial charge in [-0.3, -0.25) is 0 Å². The molecule has 2 heteroatoms. The lowest BCUT2D eigenvalue weighted by atomic mass is 10.0. The van der Waals surface area contributed by atoms with E-state index in [1.165, 1.54) is 186 Å². The lowest BCUT2D eigenvalue weighted by molar-refractivity contribution is 0.135. The Balaban J connectivity index is 2.21. The standard InChI is InChI=1S/C35H70N2/c1-4-7-10-13-16-18-19-20-21-23-26-29-32-37-34-33-36(31-28-25-15-12-9-6-3)35(37)30-27-24-22-17-14-11-8-5-2/h33-35H,4-32H2,1-3H3. The summed E-state index contributed by atoms with van der Waals surface area (Å²) in [7, 11) is 0. The van der Waals surface area contributed by atoms with Crippen LogP contribution in [-0.4, -0.2) is 29.1 Å². The second-order valence-corrected chi connectivity index (χ2v) is 12.2. The highest BCUT2D eigenvalue weighted by molar-refractivity contribution is 4.97. The van der Waals surface area contributed by atoms with Crippen LogP contribution in [0.25, 0.3) is 0 Å². The topological polar surface area (TPSA) is 6.48 Å². The van der Waals surface area contributed by atoms with Gasteiger partial charge in [0.2, 0.25) is 0 Å². The van der Waals surface area contributed by atoms with Gasteiger partial charge in [-0.1, -0.05) is 168 Å². The first-order chi connectivity index (χ1) is 18.3. The molecule has 0 spiro atoms. The lowest BCUT2D eigenvalue weighted by Gasteiger charge is -2.33. The van der Waals surface area contributed by atoms with Gasteiger partial charge in [-0.15, -0.1) is 0 Å². The molecule has 1 rings (SSSR count). The fourth-order valence-electron chi connectivity index (χ4n) is 6.01. The molecule has 1 unspecified atom stereocenters. The van der Waals surface area contributed by atoms with E-state index in [1.807, 2.05) is 0 Å². The Bertz CT molecular complexity index is 474. The molecule has 1 aliphatic rings. The number of nitrogens with zero attached hydrogens (tertiary/aromatic N) is 2. The van der Waals surface area contributed by atoms with Crippen molar-refractivity contribution in [3.05, 3.63) is 12.4 Å². The molecule has 0 saturated heterocycles. The van der Waals surface area contributed by atoms with Gasteiger partial charge < -0.3 is 9.80 Å². The molecule has 0 aliphatic carbocycles. The van der Waals surface area contributed by atoms with Crippen LogP contribution in [0, 0.1) is 0 Å². The minimum atomic E-state index is 0.642. The molecule has 37 heavy (non-hydrogen) atoms. The highest BCUT2D eigenvalue weighted by Gasteiger charge is 2.24. The van der Waals surface area contributed by atoms with Gasteiger partial charge in [-0.2, -0.15) is 0 Å². The average Bonchev–Trinajstić information content (AvgIpc) is 3.29. The second kappa shape index (κ2) is 26.9. The fraction of sp³-hybridized carbons (Fsp3) is 0.943. The summed E-state index contributed by atoms with van der Waals surface area (Å²) in [5, 5.41) is 0. The van der Waals surface area contributed by atoms with Gasteiger partial charge in [-0.05, 0) is 25.7 Å². The van der Waals surface area contributed by atoms with E-state index in [0.717, 1.165) is 0 Å². The van der Waals surface area contributed by atoms with Crippen molar-refractivity contribution in [2.45, 2.75) is 200 Å². The predicted molar refractivity (Wildman–Crippen MR) is 168 cm³/mol. The first-order valence-corrected chi connectivity index (χ1v) is 17.5. The first kappa shape index (κ1) is 34.4. The SMILES string of the molecule is CCCCCCCCCCCCCCN1C=CN(CCCCCCCC)C1CCCCCCCCCC. The highest BCUT2D eigenvalue weighted by atomic mass is 15.4. The summed E-state index contributed by atoms with van der Waals surface area (Å²) in [6.45, 7) is 9.47. The zero-order valence-electron chi connectivity index (χ0n) is 26.1. The largest absolute Gasteiger partial charge is 0.356 e. The minimum Gasteiger partial charge on any atom is -0.356 e. The van der Waals surface area contributed by atoms with Crippen molar-refractivity contribution in [1.29, 1.82) is 0 Å². The molecule has 0 fully saturated rings. The van der Waals surface area contributed by atoms with Crippen molar-refractivity contribution >= 4 is 0 Å². The Morgan fingerprint density at radius 1 is 0.351 bits per heavy atom. The van der Waals surface area contributed by atoms with E-state index < -0.39 is 0 Å². The lowest BCUT2D eigenvalue weighted by Crippen LogP contribution is -2.39. The molecule has 2 nitrogen and oxygen atoms in total. The van der Waals surface area contributed by atoms with E-state index in [-0.39, 0.29) is 0 Å². The molecule has 0 bridgehead atoms. The zero-order valence-corrected chi connectivity index (χ0v) is 26.1. The molecule has 1 heterocycles. The molecular formula is C35H70N2. The van der Waals surface area contributed by atoms with Crippen LogP contribution < -0.4 is 0 Å². The van der Waals surface area contributed by atoms with Crippen molar-refractivity contribution in [3.63, 3.8) is 0 Å². The quantitative estimate of drug-likeness (QED) is 0.0908. The fourth-order valence-corrected chi connectivity index (χ4v) is 6.01. The van der Waals surface area contributed by atoms with E-state index in [4.69, 9.17) is 0 Å². The highest BCUT2D eigenvalue weighted by Crippen LogP contribution is 2.24. The Hall–Kier alpha value is -0.660. The van der Waals surface area contributed by atoms with Crippen molar-refractivity contribution in [2.24, 2.45) is 0 Å². The maximum atomic E-state index is 2.70. The van der Waals surface area contributed by atoms with Gasteiger partial charge >= 0.3 is 0 Å². The van der Waals surface area contributed by atoms with E-state index >= 15 is 0 Å². The van der Waals surface area contributed by atoms with Crippen LogP contribution in [0.4, 0.5) is 0 Å². The number of rotatable bonds is 29. The average molecular weight is 519 g/mol. The van der Waals surface area contributed by atoms with Gasteiger partial charge in [0.25, 0.3) is 0 Å². The van der Waals surface area contributed by atoms with Crippen LogP contribution in [0.2, 0.25) is 0 Å². The third-order valence-corrected chi connectivity index (χ3v) is 8.57. The van der Waals surface area contributed by atoms with Gasteiger partial charge in [0, 0.05) is 25.5 Å². The molecule has 220 valence electrons. The summed E-state index contributed by atoms with van der Waals surface area (Å²) in [4.78, 5) is 5.40. The van der Waals surface area contributed by atoms with Gasteiger partial charge in [-0.25, -0.2) is 0 Å². The monoisotopic (exact) mass is 519 g/mol. The summed E-state index contributed by atoms with van der Waals surface area (Å²) >= 11 is 0. The molecule has 0 aromatic rings. The molecule has 0 radical (unpaired) electrons. The Kier molecular flexibility index (Phi) is 25.0. The van der Waals surface area contributed by atoms with Crippen molar-refractivity contribution < 1.29 is 0 Å². The van der Waals surface area contributed by atoms with Crippen LogP contribution in [0.3, 0.4) is 0 Å². The van der Waals surface area contributed by atoms with Crippen LogP contribution in [0.5, 0.6) is 0 Å². The Labute approximate surface area is 235 Å². The number of hydrogen-bond donors (Lipinski definition) is 0. The summed E-state index contributed by atoms with van der Waals surface area (Å²) in [5.74, 6) is 0. The van der Waals surface area contributed by atoms with Crippen molar-refractivity contribution in [2.75, 3.05) is 13.1 Å². The summed E-state index contributed by atoms with van der Waals surface area (Å²) in [6.07, 6.45) is 44.0. The molecule has 0 aromatic carbocycles. The molecular weight excluding hydrogens is 448 g/mol. The van der Waals surface area contributed by atoms with Gasteiger partial charge in [0.05, 0.1) is 0 Å². The van der Waals surface area contributed by atoms with Gasteiger partial charge in [0.15, 0.2) is 0 Å². The minimum absolute atomic E-state index is 0.642. The molecule has 0 aromatic heterocycles. The van der Waals surface area contributed by atoms with Gasteiger partial charge in [0.1, 0.15) is 6.17 Å².